The van der Waals surface area contributed by atoms with Crippen molar-refractivity contribution in [3.8, 4) is 22.3 Å². The van der Waals surface area contributed by atoms with Gasteiger partial charge in [0.1, 0.15) is 33.5 Å². The Balaban J connectivity index is 0.723. The lowest BCUT2D eigenvalue weighted by Gasteiger charge is -2.44. The predicted octanol–water partition coefficient (Wildman–Crippen LogP) is 21.9. The van der Waals surface area contributed by atoms with Crippen LogP contribution in [-0.2, 0) is 0 Å². The summed E-state index contributed by atoms with van der Waals surface area (Å²) in [5.41, 5.74) is 32.9. The lowest BCUT2D eigenvalue weighted by molar-refractivity contribution is 0.668. The highest BCUT2D eigenvalue weighted by Gasteiger charge is 2.47. The van der Waals surface area contributed by atoms with Gasteiger partial charge >= 0.3 is 0 Å². The van der Waals surface area contributed by atoms with Gasteiger partial charge in [-0.2, -0.15) is 0 Å². The van der Waals surface area contributed by atoms with Gasteiger partial charge in [-0.05, 0) is 176 Å². The maximum Gasteiger partial charge on any atom is 0.252 e. The molecule has 23 rings (SSSR count). The molecule has 4 aromatic heterocycles. The maximum atomic E-state index is 7.02. The molecule has 0 amide bonds. The molecule has 0 atom stereocenters. The number of anilines is 12. The minimum atomic E-state index is -0.147. The summed E-state index contributed by atoms with van der Waals surface area (Å²) in [5, 5.41) is 8.76. The monoisotopic (exact) mass is 1320 g/mol. The second-order valence-corrected chi connectivity index (χ2v) is 28.4. The number of fused-ring (bicyclic) bond motifs is 20. The van der Waals surface area contributed by atoms with E-state index in [1.54, 1.807) is 0 Å². The Hall–Kier alpha value is -13.2. The van der Waals surface area contributed by atoms with Gasteiger partial charge in [0.2, 0.25) is 0 Å². The zero-order chi connectivity index (χ0) is 67.4. The van der Waals surface area contributed by atoms with Gasteiger partial charge in [0, 0.05) is 112 Å². The molecule has 15 aromatic carbocycles. The normalized spacial score (nSPS) is 13.5. The quantitative estimate of drug-likeness (QED) is 0.146. The summed E-state index contributed by atoms with van der Waals surface area (Å²) in [5.74, 6) is 0.210. The van der Waals surface area contributed by atoms with Crippen molar-refractivity contribution in [2.75, 3.05) is 19.6 Å². The van der Waals surface area contributed by atoms with Crippen molar-refractivity contribution < 1.29 is 17.7 Å². The van der Waals surface area contributed by atoms with Crippen LogP contribution >= 0.6 is 0 Å². The molecule has 8 nitrogen and oxygen atoms in total. The fraction of sp³-hybridized carbons (Fsp3) is 0.0323. The van der Waals surface area contributed by atoms with Gasteiger partial charge in [0.15, 0.2) is 11.2 Å². The fourth-order valence-corrected chi connectivity index (χ4v) is 18.0. The van der Waals surface area contributed by atoms with Crippen LogP contribution < -0.4 is 52.4 Å². The number of para-hydroxylation sites is 9. The molecule has 0 fully saturated rings. The van der Waals surface area contributed by atoms with E-state index in [2.05, 4.69) is 331 Å². The molecular weight excluding hydrogens is 1260 g/mol. The molecule has 0 bridgehead atoms. The van der Waals surface area contributed by atoms with E-state index >= 15 is 0 Å². The Morgan fingerprint density at radius 1 is 0.233 bits per heavy atom. The van der Waals surface area contributed by atoms with Crippen molar-refractivity contribution in [2.24, 2.45) is 0 Å². The number of rotatable bonds is 7. The van der Waals surface area contributed by atoms with E-state index in [4.69, 9.17) is 17.7 Å². The standard InChI is InChI=1S/C93H58B2N4O4/c1-54(2)58-48-82-91-83(49-58)99(79-32-18-24-69-65-22-6-16-36-87(65)103-93(69)79)77-46-41-57(47-73(77)95(91)72-27-9-12-30-76(72)98(82)78-31-17-23-68-64-21-5-15-35-86(64)102-92(68)78)55-37-39-56(40-38-55)59-50-80-90-81(51-59)97(61-43-45-67-63-20-4-14-34-85(63)101-89(67)53-61)75-29-11-8-26-71(75)94(90)70-25-7-10-28-74(70)96(80)60-42-44-66-62-19-3-13-33-84(62)100-88(66)52-60/h3-54H,1-2H3. The summed E-state index contributed by atoms with van der Waals surface area (Å²) in [4.78, 5) is 9.94. The van der Waals surface area contributed by atoms with Crippen molar-refractivity contribution in [2.45, 2.75) is 19.8 Å². The van der Waals surface area contributed by atoms with E-state index in [9.17, 15) is 0 Å². The van der Waals surface area contributed by atoms with E-state index in [0.29, 0.717) is 0 Å². The number of furan rings is 4. The third-order valence-corrected chi connectivity index (χ3v) is 22.6. The third kappa shape index (κ3) is 8.03. The van der Waals surface area contributed by atoms with Crippen molar-refractivity contribution in [1.82, 2.24) is 0 Å². The molecule has 0 unspecified atom stereocenters. The first-order valence-electron chi connectivity index (χ1n) is 35.6. The van der Waals surface area contributed by atoms with Crippen molar-refractivity contribution in [1.29, 1.82) is 0 Å². The topological polar surface area (TPSA) is 65.5 Å². The third-order valence-electron chi connectivity index (χ3n) is 22.6. The lowest BCUT2D eigenvalue weighted by atomic mass is 9.33. The molecule has 103 heavy (non-hydrogen) atoms. The first kappa shape index (κ1) is 56.7. The number of hydrogen-bond acceptors (Lipinski definition) is 8. The Kier molecular flexibility index (Phi) is 11.7. The summed E-state index contributed by atoms with van der Waals surface area (Å²) >= 11 is 0. The largest absolute Gasteiger partial charge is 0.456 e. The number of benzene rings is 15. The SMILES string of the molecule is CC(C)c1cc2c3c(c1)N(c1cccc4c1oc1ccccc14)c1ccc(-c4ccc(-c5cc6c7c(c5)N(c5ccc8c(c5)oc5ccccc58)c5ccccc5B7c5ccccc5N6c5ccc6c(c5)oc5ccccc56)cc4)cc1B3c1ccccc1N2c1cccc2c1oc1ccccc12. The van der Waals surface area contributed by atoms with E-state index in [-0.39, 0.29) is 19.3 Å². The molecule has 0 aliphatic carbocycles. The van der Waals surface area contributed by atoms with Gasteiger partial charge in [-0.3, -0.25) is 0 Å². The van der Waals surface area contributed by atoms with Gasteiger partial charge in [-0.15, -0.1) is 0 Å². The Labute approximate surface area is 592 Å². The van der Waals surface area contributed by atoms with Gasteiger partial charge in [0.25, 0.3) is 13.4 Å². The Bertz CT molecular complexity index is 6670. The lowest BCUT2D eigenvalue weighted by Crippen LogP contribution is -2.61. The first-order chi connectivity index (χ1) is 50.9. The number of nitrogens with zero attached hydrogens (tertiary/aromatic N) is 4. The molecule has 19 aromatic rings. The Morgan fingerprint density at radius 2 is 0.583 bits per heavy atom. The maximum absolute atomic E-state index is 7.02. The van der Waals surface area contributed by atoms with E-state index in [1.165, 1.54) is 38.3 Å². The molecule has 8 heterocycles. The van der Waals surface area contributed by atoms with Crippen molar-refractivity contribution in [3.05, 3.63) is 315 Å². The van der Waals surface area contributed by atoms with Crippen molar-refractivity contribution >= 4 is 202 Å². The van der Waals surface area contributed by atoms with Crippen LogP contribution in [-0.4, -0.2) is 13.4 Å². The van der Waals surface area contributed by atoms with Crippen molar-refractivity contribution in [3.63, 3.8) is 0 Å². The molecule has 480 valence electrons. The summed E-state index contributed by atoms with van der Waals surface area (Å²) in [6.45, 7) is 4.40. The fourth-order valence-electron chi connectivity index (χ4n) is 18.0. The zero-order valence-corrected chi connectivity index (χ0v) is 56.1. The van der Waals surface area contributed by atoms with Crippen LogP contribution in [0.15, 0.2) is 327 Å². The zero-order valence-electron chi connectivity index (χ0n) is 56.1. The molecule has 0 saturated carbocycles. The summed E-state index contributed by atoms with van der Waals surface area (Å²) in [7, 11) is 0. The minimum absolute atomic E-state index is 0.0665. The summed E-state index contributed by atoms with van der Waals surface area (Å²) in [6, 6.07) is 113. The van der Waals surface area contributed by atoms with Crippen LogP contribution in [0.2, 0.25) is 0 Å². The predicted molar refractivity (Wildman–Crippen MR) is 429 cm³/mol. The highest BCUT2D eigenvalue weighted by atomic mass is 16.3. The van der Waals surface area contributed by atoms with Crippen LogP contribution in [0.5, 0.6) is 0 Å². The summed E-state index contributed by atoms with van der Waals surface area (Å²) < 4.78 is 27.3. The van der Waals surface area contributed by atoms with Crippen LogP contribution in [0.3, 0.4) is 0 Å². The highest BCUT2D eigenvalue weighted by Crippen LogP contribution is 2.52. The second kappa shape index (κ2) is 21.2. The van der Waals surface area contributed by atoms with Crippen LogP contribution in [0.25, 0.3) is 110 Å². The average molecular weight is 1320 g/mol. The van der Waals surface area contributed by atoms with Gasteiger partial charge in [-0.25, -0.2) is 0 Å². The van der Waals surface area contributed by atoms with E-state index < -0.39 is 0 Å². The molecule has 0 radical (unpaired) electrons. The van der Waals surface area contributed by atoms with Crippen LogP contribution in [0.1, 0.15) is 25.3 Å². The van der Waals surface area contributed by atoms with Gasteiger partial charge in [-0.1, -0.05) is 202 Å². The van der Waals surface area contributed by atoms with E-state index in [1.807, 2.05) is 12.1 Å². The smallest absolute Gasteiger partial charge is 0.252 e. The second-order valence-electron chi connectivity index (χ2n) is 28.4. The Morgan fingerprint density at radius 3 is 1.06 bits per heavy atom. The first-order valence-corrected chi connectivity index (χ1v) is 35.6. The molecule has 4 aliphatic heterocycles. The van der Waals surface area contributed by atoms with Crippen LogP contribution in [0.4, 0.5) is 68.2 Å². The van der Waals surface area contributed by atoms with E-state index in [0.717, 1.165) is 178 Å². The van der Waals surface area contributed by atoms with Gasteiger partial charge in [0.05, 0.1) is 11.4 Å². The molecule has 0 N–H and O–H groups in total. The molecule has 4 aliphatic rings. The molecular formula is C93H58B2N4O4. The van der Waals surface area contributed by atoms with Crippen LogP contribution in [0, 0.1) is 0 Å². The molecule has 10 heteroatoms. The number of hydrogen-bond donors (Lipinski definition) is 0. The summed E-state index contributed by atoms with van der Waals surface area (Å²) in [6.07, 6.45) is 0. The average Bonchev–Trinajstić information content (AvgIpc) is 0.886. The molecule has 0 spiro atoms. The molecule has 0 saturated heterocycles. The highest BCUT2D eigenvalue weighted by molar-refractivity contribution is 7.01. The van der Waals surface area contributed by atoms with Gasteiger partial charge < -0.3 is 37.3 Å². The minimum Gasteiger partial charge on any atom is -0.456 e.